The van der Waals surface area contributed by atoms with Crippen LogP contribution in [0.1, 0.15) is 66.3 Å². The number of hydrogen-bond acceptors (Lipinski definition) is 3. The van der Waals surface area contributed by atoms with E-state index < -0.39 is 0 Å². The number of carbonyl (C=O) groups is 1. The maximum absolute atomic E-state index is 13.5. The second-order valence-corrected chi connectivity index (χ2v) is 10.5. The van der Waals surface area contributed by atoms with Crippen LogP contribution in [0, 0.1) is 11.7 Å². The Bertz CT molecular complexity index is 1300. The highest BCUT2D eigenvalue weighted by Gasteiger charge is 2.30. The third-order valence-corrected chi connectivity index (χ3v) is 7.72. The van der Waals surface area contributed by atoms with E-state index in [0.29, 0.717) is 40.4 Å². The molecule has 2 aromatic carbocycles. The van der Waals surface area contributed by atoms with Crippen molar-refractivity contribution < 1.29 is 9.18 Å². The van der Waals surface area contributed by atoms with Crippen LogP contribution in [0.5, 0.6) is 0 Å². The molecule has 0 bridgehead atoms. The van der Waals surface area contributed by atoms with Gasteiger partial charge in [0.2, 0.25) is 0 Å². The lowest BCUT2D eigenvalue weighted by Crippen LogP contribution is -2.39. The number of nitrogens with zero attached hydrogens (tertiary/aromatic N) is 2. The molecule has 0 radical (unpaired) electrons. The molecule has 5 rings (SSSR count). The Morgan fingerprint density at radius 2 is 1.89 bits per heavy atom. The first-order valence-corrected chi connectivity index (χ1v) is 13.2. The summed E-state index contributed by atoms with van der Waals surface area (Å²) in [4.78, 5) is 13.5. The minimum absolute atomic E-state index is 0.0727. The summed E-state index contributed by atoms with van der Waals surface area (Å²) >= 11 is 12.7. The zero-order valence-corrected chi connectivity index (χ0v) is 21.7. The fraction of sp³-hybridized carbons (Fsp3) is 0.357. The summed E-state index contributed by atoms with van der Waals surface area (Å²) in [6.07, 6.45) is 7.96. The van der Waals surface area contributed by atoms with E-state index >= 15 is 0 Å². The maximum Gasteiger partial charge on any atom is 0.272 e. The first-order chi connectivity index (χ1) is 17.4. The van der Waals surface area contributed by atoms with Gasteiger partial charge >= 0.3 is 0 Å². The average molecular weight is 527 g/mol. The summed E-state index contributed by atoms with van der Waals surface area (Å²) < 4.78 is 15.2. The van der Waals surface area contributed by atoms with Gasteiger partial charge in [-0.15, -0.1) is 0 Å². The normalized spacial score (nSPS) is 18.2. The minimum Gasteiger partial charge on any atom is -0.348 e. The molecule has 1 fully saturated rings. The molecule has 0 saturated heterocycles. The molecule has 2 heterocycles. The molecule has 2 aliphatic rings. The predicted molar refractivity (Wildman–Crippen MR) is 143 cm³/mol. The molecule has 1 aliphatic heterocycles. The van der Waals surface area contributed by atoms with Crippen LogP contribution in [0.15, 0.2) is 42.5 Å². The summed E-state index contributed by atoms with van der Waals surface area (Å²) in [5.41, 5.74) is 4.44. The summed E-state index contributed by atoms with van der Waals surface area (Å²) in [6.45, 7) is 3.16. The first kappa shape index (κ1) is 25.0. The highest BCUT2D eigenvalue weighted by Crippen LogP contribution is 2.34. The molecular weight excluding hydrogens is 498 g/mol. The monoisotopic (exact) mass is 526 g/mol. The Morgan fingerprint density at radius 1 is 1.14 bits per heavy atom. The van der Waals surface area contributed by atoms with Crippen molar-refractivity contribution in [1.29, 1.82) is 0 Å². The number of carbonyl (C=O) groups excluding carboxylic acids is 1. The number of fused-ring (bicyclic) bond motifs is 1. The molecule has 8 heteroatoms. The topological polar surface area (TPSA) is 59.0 Å². The Morgan fingerprint density at radius 3 is 2.61 bits per heavy atom. The molecule has 36 heavy (non-hydrogen) atoms. The SMILES string of the molecule is C[C@@H](NC(=O)c1nn(-c2ccc(Cl)cc2Cl)c2c1CNC/C2=C\c1ccc(F)cc1)C1CCCCC1. The van der Waals surface area contributed by atoms with Gasteiger partial charge < -0.3 is 10.6 Å². The third-order valence-electron chi connectivity index (χ3n) is 7.18. The highest BCUT2D eigenvalue weighted by molar-refractivity contribution is 6.35. The van der Waals surface area contributed by atoms with E-state index in [2.05, 4.69) is 17.6 Å². The van der Waals surface area contributed by atoms with Gasteiger partial charge in [0.05, 0.1) is 16.4 Å². The molecule has 0 spiro atoms. The largest absolute Gasteiger partial charge is 0.348 e. The highest BCUT2D eigenvalue weighted by atomic mass is 35.5. The lowest BCUT2D eigenvalue weighted by atomic mass is 9.84. The van der Waals surface area contributed by atoms with Crippen LogP contribution in [-0.4, -0.2) is 28.3 Å². The molecule has 1 aliphatic carbocycles. The van der Waals surface area contributed by atoms with E-state index in [0.717, 1.165) is 35.2 Å². The van der Waals surface area contributed by atoms with Gasteiger partial charge in [0.15, 0.2) is 5.69 Å². The van der Waals surface area contributed by atoms with E-state index in [-0.39, 0.29) is 17.8 Å². The van der Waals surface area contributed by atoms with Crippen molar-refractivity contribution in [1.82, 2.24) is 20.4 Å². The van der Waals surface area contributed by atoms with Crippen LogP contribution in [0.2, 0.25) is 10.0 Å². The predicted octanol–water partition coefficient (Wildman–Crippen LogP) is 6.66. The molecule has 1 aromatic heterocycles. The van der Waals surface area contributed by atoms with Crippen LogP contribution < -0.4 is 10.6 Å². The molecule has 2 N–H and O–H groups in total. The van der Waals surface area contributed by atoms with E-state index in [4.69, 9.17) is 28.3 Å². The summed E-state index contributed by atoms with van der Waals surface area (Å²) in [5.74, 6) is 0.0139. The second-order valence-electron chi connectivity index (χ2n) is 9.67. The Hall–Kier alpha value is -2.67. The lowest BCUT2D eigenvalue weighted by molar-refractivity contribution is 0.0912. The van der Waals surface area contributed by atoms with Gasteiger partial charge in [-0.2, -0.15) is 5.10 Å². The average Bonchev–Trinajstić information content (AvgIpc) is 3.26. The quantitative estimate of drug-likeness (QED) is 0.390. The molecule has 188 valence electrons. The fourth-order valence-corrected chi connectivity index (χ4v) is 5.76. The van der Waals surface area contributed by atoms with Gasteiger partial charge in [-0.25, -0.2) is 9.07 Å². The van der Waals surface area contributed by atoms with E-state index in [9.17, 15) is 9.18 Å². The van der Waals surface area contributed by atoms with Gasteiger partial charge in [0, 0.05) is 29.7 Å². The van der Waals surface area contributed by atoms with Gasteiger partial charge in [-0.05, 0) is 73.2 Å². The van der Waals surface area contributed by atoms with Crippen molar-refractivity contribution in [2.24, 2.45) is 5.92 Å². The smallest absolute Gasteiger partial charge is 0.272 e. The Labute approximate surface area is 220 Å². The van der Waals surface area contributed by atoms with Crippen molar-refractivity contribution in [3.05, 3.63) is 80.8 Å². The maximum atomic E-state index is 13.5. The lowest BCUT2D eigenvalue weighted by Gasteiger charge is -2.28. The fourth-order valence-electron chi connectivity index (χ4n) is 5.27. The van der Waals surface area contributed by atoms with Crippen molar-refractivity contribution >= 4 is 40.8 Å². The molecule has 5 nitrogen and oxygen atoms in total. The number of hydrogen-bond donors (Lipinski definition) is 2. The van der Waals surface area contributed by atoms with Gasteiger partial charge in [-0.1, -0.05) is 54.6 Å². The van der Waals surface area contributed by atoms with Gasteiger partial charge in [-0.3, -0.25) is 4.79 Å². The minimum atomic E-state index is -0.288. The van der Waals surface area contributed by atoms with Crippen LogP contribution in [0.3, 0.4) is 0 Å². The summed E-state index contributed by atoms with van der Waals surface area (Å²) in [6, 6.07) is 11.6. The van der Waals surface area contributed by atoms with Crippen molar-refractivity contribution in [2.75, 3.05) is 6.54 Å². The van der Waals surface area contributed by atoms with E-state index in [1.165, 1.54) is 31.4 Å². The molecule has 1 atom stereocenters. The zero-order chi connectivity index (χ0) is 25.2. The van der Waals surface area contributed by atoms with Crippen LogP contribution in [0.25, 0.3) is 17.3 Å². The first-order valence-electron chi connectivity index (χ1n) is 12.5. The molecule has 3 aromatic rings. The third kappa shape index (κ3) is 5.22. The number of nitrogens with one attached hydrogen (secondary N) is 2. The van der Waals surface area contributed by atoms with Crippen LogP contribution >= 0.6 is 23.2 Å². The van der Waals surface area contributed by atoms with Crippen LogP contribution in [0.4, 0.5) is 4.39 Å². The number of amides is 1. The van der Waals surface area contributed by atoms with E-state index in [1.807, 2.05) is 12.1 Å². The Kier molecular flexibility index (Phi) is 7.47. The molecular formula is C28H29Cl2FN4O. The number of rotatable bonds is 5. The van der Waals surface area contributed by atoms with Gasteiger partial charge in [0.1, 0.15) is 5.82 Å². The van der Waals surface area contributed by atoms with Crippen molar-refractivity contribution in [2.45, 2.75) is 51.6 Å². The molecule has 1 amide bonds. The Balaban J connectivity index is 1.57. The number of benzene rings is 2. The summed E-state index contributed by atoms with van der Waals surface area (Å²) in [5, 5.41) is 12.4. The van der Waals surface area contributed by atoms with Crippen molar-refractivity contribution in [3.8, 4) is 5.69 Å². The number of aromatic nitrogens is 2. The zero-order valence-electron chi connectivity index (χ0n) is 20.2. The van der Waals surface area contributed by atoms with Gasteiger partial charge in [0.25, 0.3) is 5.91 Å². The van der Waals surface area contributed by atoms with Crippen LogP contribution in [-0.2, 0) is 6.54 Å². The molecule has 1 saturated carbocycles. The standard InChI is InChI=1S/C28H29Cl2FN4O/c1-17(19-5-3-2-4-6-19)33-28(36)26-23-16-32-15-20(13-18-7-10-22(31)11-8-18)27(23)35(34-26)25-12-9-21(29)14-24(25)30/h7-14,17,19,32H,2-6,15-16H2,1H3,(H,33,36)/b20-13+/t17-/m1/s1. The second kappa shape index (κ2) is 10.8. The number of halogens is 3. The summed E-state index contributed by atoms with van der Waals surface area (Å²) in [7, 11) is 0. The van der Waals surface area contributed by atoms with Crippen molar-refractivity contribution in [3.63, 3.8) is 0 Å². The van der Waals surface area contributed by atoms with E-state index in [1.54, 1.807) is 28.9 Å². The molecule has 0 unspecified atom stereocenters.